The summed E-state index contributed by atoms with van der Waals surface area (Å²) in [5, 5.41) is 9.09. The number of allylic oxidation sites excluding steroid dienone is 1. The fraction of sp³-hybridized carbons (Fsp3) is 0.231. The van der Waals surface area contributed by atoms with Gasteiger partial charge in [-0.25, -0.2) is 4.99 Å². The standard InChI is InChI=1S/C13H13N3S/c1-16-6-7-17-12(16)8-11-9-4-2-3-5-10(9)13(14)15-11/h2-5,8,14H,6-7H2,1H3/b12-8+,14-13?. The first-order chi connectivity index (χ1) is 8.25. The second-order valence-corrected chi connectivity index (χ2v) is 5.26. The van der Waals surface area contributed by atoms with Gasteiger partial charge >= 0.3 is 0 Å². The van der Waals surface area contributed by atoms with Crippen LogP contribution in [0.15, 0.2) is 40.4 Å². The van der Waals surface area contributed by atoms with Crippen molar-refractivity contribution >= 4 is 23.3 Å². The summed E-state index contributed by atoms with van der Waals surface area (Å²) in [6.07, 6.45) is 2.10. The lowest BCUT2D eigenvalue weighted by molar-refractivity contribution is 0.493. The van der Waals surface area contributed by atoms with Crippen LogP contribution in [0.2, 0.25) is 0 Å². The monoisotopic (exact) mass is 243 g/mol. The molecule has 0 radical (unpaired) electrons. The third kappa shape index (κ3) is 1.78. The molecule has 0 amide bonds. The average molecular weight is 243 g/mol. The van der Waals surface area contributed by atoms with E-state index in [1.165, 1.54) is 5.03 Å². The molecule has 1 saturated heterocycles. The van der Waals surface area contributed by atoms with Crippen LogP contribution in [0, 0.1) is 5.41 Å². The van der Waals surface area contributed by atoms with Gasteiger partial charge in [-0.2, -0.15) is 0 Å². The average Bonchev–Trinajstić information content (AvgIpc) is 2.87. The number of thioether (sulfide) groups is 1. The summed E-state index contributed by atoms with van der Waals surface area (Å²) < 4.78 is 0. The molecule has 0 aromatic heterocycles. The Morgan fingerprint density at radius 1 is 1.35 bits per heavy atom. The molecule has 2 heterocycles. The van der Waals surface area contributed by atoms with Gasteiger partial charge in [-0.15, -0.1) is 11.8 Å². The van der Waals surface area contributed by atoms with Crippen molar-refractivity contribution < 1.29 is 0 Å². The number of hydrogen-bond acceptors (Lipinski definition) is 3. The Bertz CT molecular complexity index is 545. The molecule has 86 valence electrons. The van der Waals surface area contributed by atoms with Crippen LogP contribution in [-0.4, -0.2) is 35.8 Å². The van der Waals surface area contributed by atoms with Gasteiger partial charge in [-0.1, -0.05) is 24.3 Å². The van der Waals surface area contributed by atoms with Crippen LogP contribution >= 0.6 is 11.8 Å². The number of amidine groups is 1. The third-order valence-corrected chi connectivity index (χ3v) is 4.12. The van der Waals surface area contributed by atoms with E-state index < -0.39 is 0 Å². The van der Waals surface area contributed by atoms with Crippen LogP contribution in [0.4, 0.5) is 0 Å². The zero-order chi connectivity index (χ0) is 11.8. The molecule has 0 saturated carbocycles. The lowest BCUT2D eigenvalue weighted by atomic mass is 10.1. The van der Waals surface area contributed by atoms with Gasteiger partial charge in [0.25, 0.3) is 0 Å². The second kappa shape index (κ2) is 4.04. The van der Waals surface area contributed by atoms with Gasteiger partial charge < -0.3 is 4.90 Å². The smallest absolute Gasteiger partial charge is 0.153 e. The summed E-state index contributed by atoms with van der Waals surface area (Å²) in [6.45, 7) is 1.09. The third-order valence-electron chi connectivity index (χ3n) is 3.00. The van der Waals surface area contributed by atoms with Crippen molar-refractivity contribution in [1.29, 1.82) is 5.41 Å². The van der Waals surface area contributed by atoms with E-state index in [0.717, 1.165) is 29.1 Å². The molecule has 0 atom stereocenters. The van der Waals surface area contributed by atoms with E-state index in [1.807, 2.05) is 36.0 Å². The van der Waals surface area contributed by atoms with Crippen LogP contribution in [0.5, 0.6) is 0 Å². The zero-order valence-electron chi connectivity index (χ0n) is 9.60. The highest BCUT2D eigenvalue weighted by Gasteiger charge is 2.21. The molecule has 1 fully saturated rings. The van der Waals surface area contributed by atoms with Gasteiger partial charge in [0.05, 0.1) is 10.7 Å². The first kappa shape index (κ1) is 10.6. The number of benzene rings is 1. The molecule has 0 aliphatic carbocycles. The summed E-state index contributed by atoms with van der Waals surface area (Å²) in [7, 11) is 2.10. The van der Waals surface area contributed by atoms with Crippen LogP contribution in [-0.2, 0) is 0 Å². The Balaban J connectivity index is 2.01. The molecule has 17 heavy (non-hydrogen) atoms. The van der Waals surface area contributed by atoms with E-state index in [0.29, 0.717) is 5.84 Å². The Hall–Kier alpha value is -1.55. The summed E-state index contributed by atoms with van der Waals surface area (Å²) in [4.78, 5) is 6.57. The zero-order valence-corrected chi connectivity index (χ0v) is 10.4. The summed E-state index contributed by atoms with van der Waals surface area (Å²) in [6, 6.07) is 7.94. The summed E-state index contributed by atoms with van der Waals surface area (Å²) in [5.74, 6) is 1.51. The van der Waals surface area contributed by atoms with E-state index in [9.17, 15) is 0 Å². The fourth-order valence-corrected chi connectivity index (χ4v) is 3.12. The number of aliphatic imine (C=N–C) groups is 1. The predicted molar refractivity (Wildman–Crippen MR) is 73.0 cm³/mol. The minimum Gasteiger partial charge on any atom is -0.369 e. The number of nitrogens with one attached hydrogen (secondary N) is 1. The van der Waals surface area contributed by atoms with Gasteiger partial charge in [0.15, 0.2) is 5.84 Å². The van der Waals surface area contributed by atoms with Gasteiger partial charge in [-0.3, -0.25) is 5.41 Å². The van der Waals surface area contributed by atoms with Crippen molar-refractivity contribution in [1.82, 2.24) is 4.90 Å². The maximum atomic E-state index is 7.85. The van der Waals surface area contributed by atoms with Crippen LogP contribution in [0.25, 0.3) is 0 Å². The molecule has 1 aromatic rings. The quantitative estimate of drug-likeness (QED) is 0.822. The second-order valence-electron chi connectivity index (χ2n) is 4.14. The number of fused-ring (bicyclic) bond motifs is 1. The Morgan fingerprint density at radius 2 is 2.12 bits per heavy atom. The summed E-state index contributed by atoms with van der Waals surface area (Å²) >= 11 is 1.85. The number of rotatable bonds is 1. The van der Waals surface area contributed by atoms with Gasteiger partial charge in [0.2, 0.25) is 0 Å². The minimum absolute atomic E-state index is 0.373. The van der Waals surface area contributed by atoms with E-state index >= 15 is 0 Å². The Morgan fingerprint density at radius 3 is 2.82 bits per heavy atom. The lowest BCUT2D eigenvalue weighted by Gasteiger charge is -2.10. The molecule has 2 aliphatic rings. The molecule has 3 nitrogen and oxygen atoms in total. The van der Waals surface area contributed by atoms with Crippen LogP contribution < -0.4 is 0 Å². The fourth-order valence-electron chi connectivity index (χ4n) is 2.04. The molecule has 4 heteroatoms. The highest BCUT2D eigenvalue weighted by molar-refractivity contribution is 8.03. The van der Waals surface area contributed by atoms with Crippen molar-refractivity contribution in [2.75, 3.05) is 19.3 Å². The molecule has 2 aliphatic heterocycles. The molecule has 3 rings (SSSR count). The van der Waals surface area contributed by atoms with Crippen LogP contribution in [0.3, 0.4) is 0 Å². The molecule has 0 spiro atoms. The summed E-state index contributed by atoms with van der Waals surface area (Å²) in [5.41, 5.74) is 2.93. The van der Waals surface area contributed by atoms with E-state index in [1.54, 1.807) is 0 Å². The Kier molecular flexibility index (Phi) is 2.52. The van der Waals surface area contributed by atoms with E-state index in [-0.39, 0.29) is 0 Å². The maximum Gasteiger partial charge on any atom is 0.153 e. The predicted octanol–water partition coefficient (Wildman–Crippen LogP) is 2.33. The molecular weight excluding hydrogens is 230 g/mol. The molecule has 0 bridgehead atoms. The Labute approximate surface area is 105 Å². The maximum absolute atomic E-state index is 7.85. The van der Waals surface area contributed by atoms with Crippen molar-refractivity contribution in [2.45, 2.75) is 0 Å². The van der Waals surface area contributed by atoms with Gasteiger partial charge in [-0.05, 0) is 6.08 Å². The van der Waals surface area contributed by atoms with Crippen molar-refractivity contribution in [3.05, 3.63) is 46.5 Å². The van der Waals surface area contributed by atoms with Crippen molar-refractivity contribution in [2.24, 2.45) is 4.99 Å². The molecule has 1 aromatic carbocycles. The largest absolute Gasteiger partial charge is 0.369 e. The highest BCUT2D eigenvalue weighted by Crippen LogP contribution is 2.28. The first-order valence-corrected chi connectivity index (χ1v) is 6.57. The van der Waals surface area contributed by atoms with Crippen molar-refractivity contribution in [3.63, 3.8) is 0 Å². The lowest BCUT2D eigenvalue weighted by Crippen LogP contribution is -2.11. The highest BCUT2D eigenvalue weighted by atomic mass is 32.2. The minimum atomic E-state index is 0.373. The SMILES string of the molecule is CN1CCS/C1=C/C1=NC(=N)c2ccccc21. The first-order valence-electron chi connectivity index (χ1n) is 5.58. The molecule has 1 N–H and O–H groups in total. The molecular formula is C13H13N3S. The van der Waals surface area contributed by atoms with Crippen LogP contribution in [0.1, 0.15) is 11.1 Å². The molecule has 0 unspecified atom stereocenters. The van der Waals surface area contributed by atoms with Gasteiger partial charge in [0, 0.05) is 30.5 Å². The van der Waals surface area contributed by atoms with Crippen molar-refractivity contribution in [3.8, 4) is 0 Å². The van der Waals surface area contributed by atoms with E-state index in [4.69, 9.17) is 5.41 Å². The normalized spacial score (nSPS) is 21.0. The number of hydrogen-bond donors (Lipinski definition) is 1. The van der Waals surface area contributed by atoms with Gasteiger partial charge in [0.1, 0.15) is 0 Å². The van der Waals surface area contributed by atoms with E-state index in [2.05, 4.69) is 23.0 Å². The topological polar surface area (TPSA) is 39.5 Å². The number of nitrogens with zero attached hydrogens (tertiary/aromatic N) is 2.